The second kappa shape index (κ2) is 6.81. The van der Waals surface area contributed by atoms with Gasteiger partial charge in [-0.05, 0) is 12.1 Å². The Kier molecular flexibility index (Phi) is 4.59. The number of imidazole rings is 1. The van der Waals surface area contributed by atoms with E-state index in [1.807, 2.05) is 4.90 Å². The molecule has 0 amide bonds. The number of ether oxygens (including phenoxy) is 1. The minimum Gasteiger partial charge on any atom is -0.479 e. The summed E-state index contributed by atoms with van der Waals surface area (Å²) in [5, 5.41) is 18.3. The minimum absolute atomic E-state index is 0.193. The zero-order valence-electron chi connectivity index (χ0n) is 12.8. The van der Waals surface area contributed by atoms with Gasteiger partial charge in [-0.1, -0.05) is 12.1 Å². The van der Waals surface area contributed by atoms with Gasteiger partial charge in [0.1, 0.15) is 0 Å². The van der Waals surface area contributed by atoms with E-state index in [2.05, 4.69) is 4.98 Å². The average molecular weight is 331 g/mol. The van der Waals surface area contributed by atoms with Gasteiger partial charge in [-0.25, -0.2) is 14.6 Å². The van der Waals surface area contributed by atoms with Crippen molar-refractivity contribution in [2.45, 2.75) is 12.6 Å². The molecule has 0 aliphatic carbocycles. The van der Waals surface area contributed by atoms with E-state index in [1.54, 1.807) is 35.3 Å². The molecule has 1 aliphatic heterocycles. The van der Waals surface area contributed by atoms with Gasteiger partial charge in [0.25, 0.3) is 0 Å². The van der Waals surface area contributed by atoms with Crippen LogP contribution < -0.4 is 0 Å². The summed E-state index contributed by atoms with van der Waals surface area (Å²) in [6.45, 7) is 1.77. The number of aromatic carboxylic acids is 1. The highest BCUT2D eigenvalue weighted by Gasteiger charge is 2.26. The first-order valence-corrected chi connectivity index (χ1v) is 7.47. The highest BCUT2D eigenvalue weighted by molar-refractivity contribution is 5.91. The topological polar surface area (TPSA) is 105 Å². The first-order chi connectivity index (χ1) is 11.5. The second-order valence-corrected chi connectivity index (χ2v) is 5.53. The Morgan fingerprint density at radius 3 is 2.83 bits per heavy atom. The van der Waals surface area contributed by atoms with Gasteiger partial charge < -0.3 is 19.5 Å². The molecule has 0 saturated carbocycles. The Hall–Kier alpha value is -2.71. The molecular formula is C16H17N3O5. The Labute approximate surface area is 137 Å². The van der Waals surface area contributed by atoms with Crippen LogP contribution in [0.15, 0.2) is 36.8 Å². The summed E-state index contributed by atoms with van der Waals surface area (Å²) in [4.78, 5) is 28.6. The summed E-state index contributed by atoms with van der Waals surface area (Å²) in [6, 6.07) is 6.69. The van der Waals surface area contributed by atoms with E-state index in [0.717, 1.165) is 5.69 Å². The predicted octanol–water partition coefficient (Wildman–Crippen LogP) is 0.856. The van der Waals surface area contributed by atoms with Crippen molar-refractivity contribution >= 4 is 11.9 Å². The molecule has 0 radical (unpaired) electrons. The van der Waals surface area contributed by atoms with Crippen molar-refractivity contribution in [2.75, 3.05) is 19.7 Å². The van der Waals surface area contributed by atoms with Crippen molar-refractivity contribution in [1.82, 2.24) is 14.5 Å². The number of morpholine rings is 1. The molecule has 1 fully saturated rings. The van der Waals surface area contributed by atoms with Crippen molar-refractivity contribution in [3.05, 3.63) is 48.0 Å². The highest BCUT2D eigenvalue weighted by atomic mass is 16.5. The minimum atomic E-state index is -1.00. The van der Waals surface area contributed by atoms with Crippen molar-refractivity contribution in [1.29, 1.82) is 0 Å². The molecule has 8 heteroatoms. The molecule has 1 saturated heterocycles. The van der Waals surface area contributed by atoms with Crippen molar-refractivity contribution in [2.24, 2.45) is 0 Å². The number of benzene rings is 1. The van der Waals surface area contributed by atoms with E-state index in [4.69, 9.17) is 9.84 Å². The van der Waals surface area contributed by atoms with Gasteiger partial charge in [0.05, 0.1) is 29.9 Å². The van der Waals surface area contributed by atoms with Gasteiger partial charge in [0.15, 0.2) is 6.10 Å². The SMILES string of the molecule is O=C(O)c1ccccc1-n1cnc(CN2CCOC(C(=O)O)C2)c1. The second-order valence-electron chi connectivity index (χ2n) is 5.53. The monoisotopic (exact) mass is 331 g/mol. The van der Waals surface area contributed by atoms with Gasteiger partial charge in [-0.15, -0.1) is 0 Å². The van der Waals surface area contributed by atoms with E-state index in [0.29, 0.717) is 31.9 Å². The maximum atomic E-state index is 11.3. The van der Waals surface area contributed by atoms with Crippen molar-refractivity contribution < 1.29 is 24.5 Å². The summed E-state index contributed by atoms with van der Waals surface area (Å²) in [5.74, 6) is -1.97. The van der Waals surface area contributed by atoms with Gasteiger partial charge in [0.2, 0.25) is 0 Å². The normalized spacial score (nSPS) is 18.4. The summed E-state index contributed by atoms with van der Waals surface area (Å²) >= 11 is 0. The van der Waals surface area contributed by atoms with Crippen molar-refractivity contribution in [3.8, 4) is 5.69 Å². The molecule has 2 aromatic rings. The lowest BCUT2D eigenvalue weighted by Gasteiger charge is -2.30. The van der Waals surface area contributed by atoms with E-state index in [1.165, 1.54) is 6.07 Å². The summed E-state index contributed by atoms with van der Waals surface area (Å²) in [6.07, 6.45) is 2.49. The molecule has 1 aliphatic rings. The predicted molar refractivity (Wildman–Crippen MR) is 83.2 cm³/mol. The smallest absolute Gasteiger partial charge is 0.337 e. The Morgan fingerprint density at radius 1 is 1.29 bits per heavy atom. The van der Waals surface area contributed by atoms with Crippen LogP contribution in [0.25, 0.3) is 5.69 Å². The molecule has 1 aromatic heterocycles. The molecule has 1 unspecified atom stereocenters. The molecule has 1 atom stereocenters. The molecule has 0 spiro atoms. The van der Waals surface area contributed by atoms with Crippen LogP contribution in [0.3, 0.4) is 0 Å². The van der Waals surface area contributed by atoms with Crippen LogP contribution in [0.4, 0.5) is 0 Å². The molecule has 24 heavy (non-hydrogen) atoms. The number of hydrogen-bond donors (Lipinski definition) is 2. The average Bonchev–Trinajstić information content (AvgIpc) is 3.03. The number of carbonyl (C=O) groups is 2. The number of carboxylic acids is 2. The molecule has 3 rings (SSSR count). The largest absolute Gasteiger partial charge is 0.479 e. The van der Waals surface area contributed by atoms with Gasteiger partial charge in [-0.3, -0.25) is 4.90 Å². The Morgan fingerprint density at radius 2 is 2.08 bits per heavy atom. The number of aliphatic carboxylic acids is 1. The number of rotatable bonds is 5. The fourth-order valence-corrected chi connectivity index (χ4v) is 2.68. The molecule has 2 heterocycles. The third kappa shape index (κ3) is 3.44. The number of hydrogen-bond acceptors (Lipinski definition) is 5. The summed E-state index contributed by atoms with van der Waals surface area (Å²) in [5.41, 5.74) is 1.47. The van der Waals surface area contributed by atoms with E-state index < -0.39 is 18.0 Å². The molecule has 8 nitrogen and oxygen atoms in total. The number of nitrogens with zero attached hydrogens (tertiary/aromatic N) is 3. The lowest BCUT2D eigenvalue weighted by Crippen LogP contribution is -2.45. The molecule has 0 bridgehead atoms. The first kappa shape index (κ1) is 16.2. The van der Waals surface area contributed by atoms with Gasteiger partial charge in [-0.2, -0.15) is 0 Å². The lowest BCUT2D eigenvalue weighted by molar-refractivity contribution is -0.156. The first-order valence-electron chi connectivity index (χ1n) is 7.47. The third-order valence-electron chi connectivity index (χ3n) is 3.86. The standard InChI is InChI=1S/C16H17N3O5/c20-15(21)12-3-1-2-4-13(12)19-8-11(17-10-19)7-18-5-6-24-14(9-18)16(22)23/h1-4,8,10,14H,5-7,9H2,(H,20,21)(H,22,23). The Bertz CT molecular complexity index is 758. The van der Waals surface area contributed by atoms with Crippen LogP contribution in [-0.2, 0) is 16.1 Å². The third-order valence-corrected chi connectivity index (χ3v) is 3.86. The molecular weight excluding hydrogens is 314 g/mol. The quantitative estimate of drug-likeness (QED) is 0.837. The number of aromatic nitrogens is 2. The zero-order chi connectivity index (χ0) is 17.1. The van der Waals surface area contributed by atoms with Gasteiger partial charge >= 0.3 is 11.9 Å². The van der Waals surface area contributed by atoms with Crippen LogP contribution in [0.5, 0.6) is 0 Å². The van der Waals surface area contributed by atoms with Crippen LogP contribution >= 0.6 is 0 Å². The van der Waals surface area contributed by atoms with Gasteiger partial charge in [0, 0.05) is 25.8 Å². The fraction of sp³-hybridized carbons (Fsp3) is 0.312. The van der Waals surface area contributed by atoms with Crippen LogP contribution in [0.2, 0.25) is 0 Å². The molecule has 126 valence electrons. The van der Waals surface area contributed by atoms with Crippen LogP contribution in [-0.4, -0.2) is 62.4 Å². The van der Waals surface area contributed by atoms with E-state index >= 15 is 0 Å². The van der Waals surface area contributed by atoms with Crippen molar-refractivity contribution in [3.63, 3.8) is 0 Å². The summed E-state index contributed by atoms with van der Waals surface area (Å²) in [7, 11) is 0. The van der Waals surface area contributed by atoms with Crippen LogP contribution in [0, 0.1) is 0 Å². The maximum absolute atomic E-state index is 11.3. The molecule has 2 N–H and O–H groups in total. The Balaban J connectivity index is 1.75. The van der Waals surface area contributed by atoms with E-state index in [9.17, 15) is 14.7 Å². The number of carboxylic acid groups (broad SMARTS) is 2. The lowest BCUT2D eigenvalue weighted by atomic mass is 10.2. The maximum Gasteiger partial charge on any atom is 0.337 e. The highest BCUT2D eigenvalue weighted by Crippen LogP contribution is 2.16. The number of para-hydroxylation sites is 1. The summed E-state index contributed by atoms with van der Waals surface area (Å²) < 4.78 is 6.85. The van der Waals surface area contributed by atoms with Crippen LogP contribution in [0.1, 0.15) is 16.1 Å². The van der Waals surface area contributed by atoms with E-state index in [-0.39, 0.29) is 5.56 Å². The zero-order valence-corrected chi connectivity index (χ0v) is 12.8. The fourth-order valence-electron chi connectivity index (χ4n) is 2.68. The molecule has 1 aromatic carbocycles.